The van der Waals surface area contributed by atoms with Crippen LogP contribution in [0.25, 0.3) is 0 Å². The van der Waals surface area contributed by atoms with Crippen LogP contribution in [0.1, 0.15) is 0 Å². The molecule has 0 bridgehead atoms. The number of rotatable bonds is 2. The van der Waals surface area contributed by atoms with Crippen molar-refractivity contribution in [2.75, 3.05) is 22.8 Å². The van der Waals surface area contributed by atoms with Crippen LogP contribution in [0.2, 0.25) is 0 Å². The molecular formula is C13H14N4O3S. The van der Waals surface area contributed by atoms with Gasteiger partial charge in [0, 0.05) is 7.05 Å². The van der Waals surface area contributed by atoms with Crippen molar-refractivity contribution in [3.8, 4) is 0 Å². The molecule has 7 nitrogen and oxygen atoms in total. The van der Waals surface area contributed by atoms with Crippen molar-refractivity contribution >= 4 is 32.9 Å². The Bertz CT molecular complexity index is 790. The summed E-state index contributed by atoms with van der Waals surface area (Å²) in [6.45, 7) is 0. The van der Waals surface area contributed by atoms with Crippen LogP contribution in [0.3, 0.4) is 0 Å². The van der Waals surface area contributed by atoms with Crippen LogP contribution in [0, 0.1) is 0 Å². The normalized spacial score (nSPS) is 14.4. The van der Waals surface area contributed by atoms with Gasteiger partial charge in [0.1, 0.15) is 5.69 Å². The summed E-state index contributed by atoms with van der Waals surface area (Å²) >= 11 is 0. The zero-order chi connectivity index (χ0) is 15.2. The van der Waals surface area contributed by atoms with Gasteiger partial charge in [-0.2, -0.15) is 8.42 Å². The minimum atomic E-state index is -4.20. The molecule has 2 aromatic rings. The van der Waals surface area contributed by atoms with Crippen molar-refractivity contribution in [1.29, 1.82) is 0 Å². The second-order valence-corrected chi connectivity index (χ2v) is 6.10. The number of benzene rings is 2. The van der Waals surface area contributed by atoms with Crippen LogP contribution in [0.4, 0.5) is 22.7 Å². The molecule has 0 fully saturated rings. The summed E-state index contributed by atoms with van der Waals surface area (Å²) in [5.41, 5.74) is 12.1. The first-order valence-corrected chi connectivity index (χ1v) is 7.58. The van der Waals surface area contributed by atoms with E-state index in [0.717, 1.165) is 11.4 Å². The summed E-state index contributed by atoms with van der Waals surface area (Å²) in [6.07, 6.45) is 0. The van der Waals surface area contributed by atoms with Crippen molar-refractivity contribution in [3.05, 3.63) is 42.5 Å². The van der Waals surface area contributed by atoms with E-state index >= 15 is 0 Å². The lowest BCUT2D eigenvalue weighted by Gasteiger charge is -2.21. The molecule has 8 heteroatoms. The molecule has 0 saturated carbocycles. The first-order valence-electron chi connectivity index (χ1n) is 6.14. The molecule has 0 saturated heterocycles. The smallest absolute Gasteiger partial charge is 0.294 e. The molecule has 4 N–H and O–H groups in total. The fourth-order valence-corrected chi connectivity index (χ4v) is 2.75. The number of nitrogens with zero attached hydrogens (tertiary/aromatic N) is 2. The van der Waals surface area contributed by atoms with Crippen molar-refractivity contribution in [1.82, 2.24) is 5.53 Å². The van der Waals surface area contributed by atoms with E-state index in [0.29, 0.717) is 11.4 Å². The van der Waals surface area contributed by atoms with Crippen molar-refractivity contribution in [2.45, 2.75) is 4.90 Å². The fraction of sp³-hybridized carbons (Fsp3) is 0.0769. The number of nitrogens with two attached hydrogens (primary N) is 1. The van der Waals surface area contributed by atoms with Crippen LogP contribution in [-0.2, 0) is 10.1 Å². The third kappa shape index (κ3) is 2.29. The van der Waals surface area contributed by atoms with E-state index in [9.17, 15) is 8.42 Å². The lowest BCUT2D eigenvalue weighted by atomic mass is 10.2. The van der Waals surface area contributed by atoms with Gasteiger partial charge in [-0.25, -0.2) is 0 Å². The second-order valence-electron chi connectivity index (χ2n) is 4.68. The fourth-order valence-electron chi connectivity index (χ4n) is 2.27. The summed E-state index contributed by atoms with van der Waals surface area (Å²) in [5.74, 6) is 0. The molecular weight excluding hydrogens is 292 g/mol. The number of nitrogens with one attached hydrogen (secondary N) is 1. The maximum atomic E-state index is 11.1. The molecule has 0 amide bonds. The van der Waals surface area contributed by atoms with E-state index in [2.05, 4.69) is 5.53 Å². The topological polar surface area (TPSA) is 98.9 Å². The van der Waals surface area contributed by atoms with Gasteiger partial charge >= 0.3 is 0 Å². The quantitative estimate of drug-likeness (QED) is 0.571. The maximum absolute atomic E-state index is 11.1. The van der Waals surface area contributed by atoms with Gasteiger partial charge in [0.2, 0.25) is 0 Å². The number of nitrogen functional groups attached to an aromatic ring is 1. The highest BCUT2D eigenvalue weighted by atomic mass is 32.2. The van der Waals surface area contributed by atoms with Gasteiger partial charge in [0.15, 0.2) is 0 Å². The van der Waals surface area contributed by atoms with Gasteiger partial charge in [-0.3, -0.25) is 14.6 Å². The third-order valence-electron chi connectivity index (χ3n) is 3.27. The van der Waals surface area contributed by atoms with Gasteiger partial charge in [0.25, 0.3) is 10.1 Å². The molecule has 0 radical (unpaired) electrons. The Morgan fingerprint density at radius 3 is 2.43 bits per heavy atom. The summed E-state index contributed by atoms with van der Waals surface area (Å²) in [4.78, 5) is -0.153. The average Bonchev–Trinajstić information content (AvgIpc) is 2.77. The number of hydrogen-bond donors (Lipinski definition) is 3. The van der Waals surface area contributed by atoms with E-state index in [1.54, 1.807) is 23.2 Å². The monoisotopic (exact) mass is 306 g/mol. The molecule has 0 unspecified atom stereocenters. The zero-order valence-corrected chi connectivity index (χ0v) is 12.0. The van der Waals surface area contributed by atoms with Crippen LogP contribution >= 0.6 is 0 Å². The Kier molecular flexibility index (Phi) is 3.01. The number of para-hydroxylation sites is 1. The molecule has 21 heavy (non-hydrogen) atoms. The highest BCUT2D eigenvalue weighted by Gasteiger charge is 2.26. The minimum absolute atomic E-state index is 0.153. The highest BCUT2D eigenvalue weighted by molar-refractivity contribution is 7.85. The van der Waals surface area contributed by atoms with Crippen molar-refractivity contribution in [3.63, 3.8) is 0 Å². The van der Waals surface area contributed by atoms with Crippen molar-refractivity contribution in [2.24, 2.45) is 0 Å². The number of anilines is 4. The lowest BCUT2D eigenvalue weighted by molar-refractivity contribution is 0.483. The molecule has 0 aliphatic carbocycles. The Morgan fingerprint density at radius 1 is 1.14 bits per heavy atom. The molecule has 1 aliphatic rings. The zero-order valence-electron chi connectivity index (χ0n) is 11.2. The first-order chi connectivity index (χ1) is 9.88. The Balaban J connectivity index is 2.04. The van der Waals surface area contributed by atoms with Crippen LogP contribution in [0.15, 0.2) is 47.4 Å². The van der Waals surface area contributed by atoms with E-state index < -0.39 is 10.1 Å². The standard InChI is InChI=1S/C13H14N4O3S/c1-16-12-4-2-3-11(14)13(12)17(15-16)9-5-7-10(8-6-9)21(18,19)20/h2-8,15H,14H2,1H3,(H,18,19,20). The van der Waals surface area contributed by atoms with E-state index in [1.807, 2.05) is 24.2 Å². The molecule has 0 spiro atoms. The molecule has 0 atom stereocenters. The number of fused-ring (bicyclic) bond motifs is 1. The third-order valence-corrected chi connectivity index (χ3v) is 4.14. The summed E-state index contributed by atoms with van der Waals surface area (Å²) in [7, 11) is -2.34. The molecule has 0 aromatic heterocycles. The van der Waals surface area contributed by atoms with Crippen LogP contribution in [-0.4, -0.2) is 20.0 Å². The predicted molar refractivity (Wildman–Crippen MR) is 80.8 cm³/mol. The van der Waals surface area contributed by atoms with Crippen LogP contribution in [0.5, 0.6) is 0 Å². The largest absolute Gasteiger partial charge is 0.397 e. The van der Waals surface area contributed by atoms with Gasteiger partial charge in [-0.1, -0.05) is 6.07 Å². The Hall–Kier alpha value is -2.29. The average molecular weight is 306 g/mol. The second kappa shape index (κ2) is 4.62. The van der Waals surface area contributed by atoms with E-state index in [4.69, 9.17) is 10.3 Å². The molecule has 3 rings (SSSR count). The summed E-state index contributed by atoms with van der Waals surface area (Å²) in [5, 5.41) is 3.56. The molecule has 110 valence electrons. The van der Waals surface area contributed by atoms with E-state index in [-0.39, 0.29) is 4.90 Å². The Morgan fingerprint density at radius 2 is 1.81 bits per heavy atom. The van der Waals surface area contributed by atoms with E-state index in [1.165, 1.54) is 12.1 Å². The maximum Gasteiger partial charge on any atom is 0.294 e. The molecule has 1 aliphatic heterocycles. The van der Waals surface area contributed by atoms with Gasteiger partial charge in [-0.05, 0) is 36.4 Å². The van der Waals surface area contributed by atoms with Gasteiger partial charge in [0.05, 0.1) is 22.0 Å². The highest BCUT2D eigenvalue weighted by Crippen LogP contribution is 2.41. The first kappa shape index (κ1) is 13.7. The van der Waals surface area contributed by atoms with Gasteiger partial charge in [-0.15, -0.1) is 5.53 Å². The predicted octanol–water partition coefficient (Wildman–Crippen LogP) is 1.52. The minimum Gasteiger partial charge on any atom is -0.397 e. The SMILES string of the molecule is CN1NN(c2ccc(S(=O)(=O)O)cc2)c2c(N)cccc21. The lowest BCUT2D eigenvalue weighted by Crippen LogP contribution is -2.39. The summed E-state index contributed by atoms with van der Waals surface area (Å²) < 4.78 is 31.1. The molecule has 2 aromatic carbocycles. The summed E-state index contributed by atoms with van der Waals surface area (Å²) in [6, 6.07) is 11.4. The number of hydrazine groups is 2. The Labute approximate surface area is 122 Å². The van der Waals surface area contributed by atoms with Gasteiger partial charge < -0.3 is 5.73 Å². The number of hydrogen-bond acceptors (Lipinski definition) is 6. The van der Waals surface area contributed by atoms with Crippen LogP contribution < -0.4 is 21.3 Å². The van der Waals surface area contributed by atoms with Crippen molar-refractivity contribution < 1.29 is 13.0 Å². The molecule has 1 heterocycles.